The molecule has 0 amide bonds. The molecule has 25 heavy (non-hydrogen) atoms. The summed E-state index contributed by atoms with van der Waals surface area (Å²) in [7, 11) is 0. The third-order valence-electron chi connectivity index (χ3n) is 4.34. The maximum atomic E-state index is 4.72. The molecule has 7 nitrogen and oxygen atoms in total. The van der Waals surface area contributed by atoms with Crippen molar-refractivity contribution in [2.45, 2.75) is 26.9 Å². The molecule has 3 heterocycles. The lowest BCUT2D eigenvalue weighted by molar-refractivity contribution is 0.661. The van der Waals surface area contributed by atoms with Crippen LogP contribution in [0.1, 0.15) is 22.5 Å². The number of fused-ring (bicyclic) bond motifs is 1. The summed E-state index contributed by atoms with van der Waals surface area (Å²) < 4.78 is 1.67. The Morgan fingerprint density at radius 2 is 2.08 bits per heavy atom. The van der Waals surface area contributed by atoms with E-state index in [9.17, 15) is 0 Å². The highest BCUT2D eigenvalue weighted by atomic mass is 15.3. The first kappa shape index (κ1) is 15.5. The highest BCUT2D eigenvalue weighted by Crippen LogP contribution is 2.19. The van der Waals surface area contributed by atoms with Gasteiger partial charge in [0.15, 0.2) is 5.82 Å². The Morgan fingerprint density at radius 1 is 1.16 bits per heavy atom. The molecular formula is C18H19N7. The van der Waals surface area contributed by atoms with Crippen molar-refractivity contribution in [3.05, 3.63) is 65.6 Å². The monoisotopic (exact) mass is 333 g/mol. The third kappa shape index (κ3) is 3.01. The normalized spacial score (nSPS) is 11.3. The van der Waals surface area contributed by atoms with Gasteiger partial charge in [-0.3, -0.25) is 0 Å². The molecule has 0 aliphatic carbocycles. The molecule has 7 heteroatoms. The van der Waals surface area contributed by atoms with Gasteiger partial charge in [-0.15, -0.1) is 0 Å². The zero-order valence-corrected chi connectivity index (χ0v) is 14.2. The van der Waals surface area contributed by atoms with Crippen molar-refractivity contribution in [2.75, 3.05) is 0 Å². The van der Waals surface area contributed by atoms with Crippen LogP contribution in [-0.2, 0) is 13.1 Å². The Kier molecular flexibility index (Phi) is 3.99. The van der Waals surface area contributed by atoms with Crippen molar-refractivity contribution in [3.63, 3.8) is 0 Å². The molecule has 1 aromatic carbocycles. The average Bonchev–Trinajstić information content (AvgIpc) is 3.29. The highest BCUT2D eigenvalue weighted by Gasteiger charge is 2.09. The summed E-state index contributed by atoms with van der Waals surface area (Å²) in [6.45, 7) is 5.53. The zero-order valence-electron chi connectivity index (χ0n) is 14.2. The van der Waals surface area contributed by atoms with E-state index in [0.29, 0.717) is 13.1 Å². The van der Waals surface area contributed by atoms with Crippen molar-refractivity contribution in [3.8, 4) is 5.82 Å². The summed E-state index contributed by atoms with van der Waals surface area (Å²) >= 11 is 0. The molecule has 2 N–H and O–H groups in total. The molecule has 0 saturated heterocycles. The van der Waals surface area contributed by atoms with E-state index < -0.39 is 0 Å². The molecule has 0 saturated carbocycles. The molecule has 4 aromatic rings. The van der Waals surface area contributed by atoms with Gasteiger partial charge in [0, 0.05) is 18.3 Å². The van der Waals surface area contributed by atoms with Crippen LogP contribution >= 0.6 is 0 Å². The molecule has 0 spiro atoms. The van der Waals surface area contributed by atoms with Gasteiger partial charge >= 0.3 is 0 Å². The first-order valence-corrected chi connectivity index (χ1v) is 8.17. The highest BCUT2D eigenvalue weighted by molar-refractivity contribution is 5.79. The second-order valence-corrected chi connectivity index (χ2v) is 6.02. The van der Waals surface area contributed by atoms with E-state index in [-0.39, 0.29) is 0 Å². The van der Waals surface area contributed by atoms with E-state index in [2.05, 4.69) is 51.3 Å². The van der Waals surface area contributed by atoms with Gasteiger partial charge in [0.25, 0.3) is 0 Å². The lowest BCUT2D eigenvalue weighted by atomic mass is 10.1. The van der Waals surface area contributed by atoms with Crippen LogP contribution in [0.4, 0.5) is 0 Å². The Hall–Kier alpha value is -3.06. The average molecular weight is 333 g/mol. The van der Waals surface area contributed by atoms with E-state index in [1.165, 1.54) is 17.5 Å². The summed E-state index contributed by atoms with van der Waals surface area (Å²) in [6.07, 6.45) is 4.91. The van der Waals surface area contributed by atoms with Gasteiger partial charge in [-0.1, -0.05) is 12.1 Å². The van der Waals surface area contributed by atoms with E-state index in [0.717, 1.165) is 28.2 Å². The zero-order chi connectivity index (χ0) is 17.2. The lowest BCUT2D eigenvalue weighted by Gasteiger charge is -2.08. The molecule has 0 radical (unpaired) electrons. The maximum Gasteiger partial charge on any atom is 0.159 e. The van der Waals surface area contributed by atoms with Crippen LogP contribution in [0.2, 0.25) is 0 Å². The Labute approximate surface area is 145 Å². The molecule has 0 unspecified atom stereocenters. The van der Waals surface area contributed by atoms with E-state index >= 15 is 0 Å². The van der Waals surface area contributed by atoms with Crippen molar-refractivity contribution in [1.82, 2.24) is 35.0 Å². The van der Waals surface area contributed by atoms with Gasteiger partial charge in [-0.05, 0) is 37.1 Å². The maximum absolute atomic E-state index is 4.72. The summed E-state index contributed by atoms with van der Waals surface area (Å²) in [5, 5.41) is 7.58. The molecule has 126 valence electrons. The summed E-state index contributed by atoms with van der Waals surface area (Å²) in [6, 6.07) is 8.15. The topological polar surface area (TPSA) is 84.3 Å². The number of H-pyrrole nitrogens is 1. The minimum absolute atomic E-state index is 0.652. The minimum atomic E-state index is 0.652. The van der Waals surface area contributed by atoms with Crippen LogP contribution in [0.5, 0.6) is 0 Å². The van der Waals surface area contributed by atoms with Crippen LogP contribution < -0.4 is 5.32 Å². The van der Waals surface area contributed by atoms with Gasteiger partial charge in [0.1, 0.15) is 18.5 Å². The number of hydrogen-bond donors (Lipinski definition) is 2. The SMILES string of the molecule is Cc1ccc2[nH]c(CNCc3cccnc3-n3cncn3)nc2c1C. The number of aryl methyl sites for hydroxylation is 2. The van der Waals surface area contributed by atoms with E-state index in [1.807, 2.05) is 12.1 Å². The van der Waals surface area contributed by atoms with Crippen LogP contribution in [0, 0.1) is 13.8 Å². The van der Waals surface area contributed by atoms with Crippen LogP contribution in [-0.4, -0.2) is 29.7 Å². The number of imidazole rings is 1. The van der Waals surface area contributed by atoms with Crippen molar-refractivity contribution in [2.24, 2.45) is 0 Å². The minimum Gasteiger partial charge on any atom is -0.341 e. The molecule has 4 rings (SSSR count). The quantitative estimate of drug-likeness (QED) is 0.586. The number of nitrogens with zero attached hydrogens (tertiary/aromatic N) is 5. The Morgan fingerprint density at radius 3 is 2.92 bits per heavy atom. The Bertz CT molecular complexity index is 1000. The number of pyridine rings is 1. The van der Waals surface area contributed by atoms with Crippen LogP contribution in [0.25, 0.3) is 16.9 Å². The summed E-state index contributed by atoms with van der Waals surface area (Å²) in [4.78, 5) is 16.5. The van der Waals surface area contributed by atoms with Gasteiger partial charge in [-0.25, -0.2) is 19.6 Å². The summed E-state index contributed by atoms with van der Waals surface area (Å²) in [5.74, 6) is 1.71. The number of nitrogens with one attached hydrogen (secondary N) is 2. The number of hydrogen-bond acceptors (Lipinski definition) is 5. The number of aromatic nitrogens is 6. The van der Waals surface area contributed by atoms with Gasteiger partial charge in [-0.2, -0.15) is 5.10 Å². The van der Waals surface area contributed by atoms with Crippen molar-refractivity contribution in [1.29, 1.82) is 0 Å². The predicted octanol–water partition coefficient (Wildman–Crippen LogP) is 2.45. The third-order valence-corrected chi connectivity index (χ3v) is 4.34. The first-order valence-electron chi connectivity index (χ1n) is 8.17. The fourth-order valence-corrected chi connectivity index (χ4v) is 2.86. The summed E-state index contributed by atoms with van der Waals surface area (Å²) in [5.41, 5.74) is 5.65. The van der Waals surface area contributed by atoms with Gasteiger partial charge < -0.3 is 10.3 Å². The number of rotatable bonds is 5. The molecule has 0 atom stereocenters. The van der Waals surface area contributed by atoms with Crippen LogP contribution in [0.15, 0.2) is 43.1 Å². The molecule has 0 aliphatic heterocycles. The fraction of sp³-hybridized carbons (Fsp3) is 0.222. The van der Waals surface area contributed by atoms with Gasteiger partial charge in [0.05, 0.1) is 17.6 Å². The molecule has 0 fully saturated rings. The van der Waals surface area contributed by atoms with Crippen molar-refractivity contribution < 1.29 is 0 Å². The van der Waals surface area contributed by atoms with Gasteiger partial charge in [0.2, 0.25) is 0 Å². The molecule has 0 aliphatic rings. The smallest absolute Gasteiger partial charge is 0.159 e. The van der Waals surface area contributed by atoms with Crippen LogP contribution in [0.3, 0.4) is 0 Å². The molecular weight excluding hydrogens is 314 g/mol. The largest absolute Gasteiger partial charge is 0.341 e. The first-order chi connectivity index (χ1) is 12.2. The number of aromatic amines is 1. The van der Waals surface area contributed by atoms with Crippen molar-refractivity contribution >= 4 is 11.0 Å². The van der Waals surface area contributed by atoms with E-state index in [4.69, 9.17) is 4.98 Å². The van der Waals surface area contributed by atoms with E-state index in [1.54, 1.807) is 17.2 Å². The standard InChI is InChI=1S/C18H19N7/c1-12-5-6-15-17(13(12)2)24-16(23-15)9-19-8-14-4-3-7-21-18(14)25-11-20-10-22-25/h3-7,10-11,19H,8-9H2,1-2H3,(H,23,24). The molecule has 0 bridgehead atoms. The molecule has 3 aromatic heterocycles. The fourth-order valence-electron chi connectivity index (χ4n) is 2.86. The Balaban J connectivity index is 1.49. The number of benzene rings is 1. The second kappa shape index (κ2) is 6.45. The second-order valence-electron chi connectivity index (χ2n) is 6.02. The lowest BCUT2D eigenvalue weighted by Crippen LogP contribution is -2.16. The predicted molar refractivity (Wildman–Crippen MR) is 95.3 cm³/mol.